The summed E-state index contributed by atoms with van der Waals surface area (Å²) in [4.78, 5) is 0. The molecular formula is C12H20N2O2. The fourth-order valence-electron chi connectivity index (χ4n) is 1.88. The van der Waals surface area contributed by atoms with Gasteiger partial charge in [0.05, 0.1) is 7.11 Å². The van der Waals surface area contributed by atoms with E-state index >= 15 is 0 Å². The molecule has 0 heterocycles. The molecule has 16 heavy (non-hydrogen) atoms. The highest BCUT2D eigenvalue weighted by Crippen LogP contribution is 2.29. The summed E-state index contributed by atoms with van der Waals surface area (Å²) in [6.07, 6.45) is 0. The second-order valence-electron chi connectivity index (χ2n) is 4.29. The van der Waals surface area contributed by atoms with Gasteiger partial charge in [-0.15, -0.1) is 0 Å². The van der Waals surface area contributed by atoms with Crippen molar-refractivity contribution in [2.45, 2.75) is 26.4 Å². The van der Waals surface area contributed by atoms with Gasteiger partial charge >= 0.3 is 0 Å². The molecular weight excluding hydrogens is 204 g/mol. The summed E-state index contributed by atoms with van der Waals surface area (Å²) in [5.74, 6) is 6.09. The minimum absolute atomic E-state index is 0.305. The molecule has 1 rings (SSSR count). The third-order valence-corrected chi connectivity index (χ3v) is 2.77. The fourth-order valence-corrected chi connectivity index (χ4v) is 1.88. The van der Waals surface area contributed by atoms with E-state index < -0.39 is 5.60 Å². The summed E-state index contributed by atoms with van der Waals surface area (Å²) in [6, 6.07) is 3.86. The van der Waals surface area contributed by atoms with Gasteiger partial charge in [-0.25, -0.2) is 0 Å². The van der Waals surface area contributed by atoms with Crippen molar-refractivity contribution in [1.29, 1.82) is 0 Å². The maximum absolute atomic E-state index is 10.3. The zero-order valence-electron chi connectivity index (χ0n) is 10.3. The maximum atomic E-state index is 10.3. The lowest BCUT2D eigenvalue weighted by molar-refractivity contribution is 0.0565. The molecule has 0 spiro atoms. The molecule has 0 saturated carbocycles. The van der Waals surface area contributed by atoms with E-state index in [2.05, 4.69) is 5.43 Å². The van der Waals surface area contributed by atoms with Crippen molar-refractivity contribution in [2.24, 2.45) is 5.84 Å². The van der Waals surface area contributed by atoms with Crippen LogP contribution in [0.1, 0.15) is 23.6 Å². The first kappa shape index (κ1) is 13.0. The highest BCUT2D eigenvalue weighted by atomic mass is 16.5. The van der Waals surface area contributed by atoms with Gasteiger partial charge in [0.2, 0.25) is 0 Å². The second kappa shape index (κ2) is 4.82. The van der Waals surface area contributed by atoms with E-state index in [4.69, 9.17) is 10.6 Å². The number of hydrogen-bond donors (Lipinski definition) is 3. The molecule has 0 aliphatic heterocycles. The molecule has 0 fully saturated rings. The zero-order valence-corrected chi connectivity index (χ0v) is 10.3. The van der Waals surface area contributed by atoms with E-state index in [-0.39, 0.29) is 0 Å². The molecule has 0 aliphatic carbocycles. The summed E-state index contributed by atoms with van der Waals surface area (Å²) in [5, 5.41) is 10.3. The van der Waals surface area contributed by atoms with Crippen molar-refractivity contribution in [3.63, 3.8) is 0 Å². The zero-order chi connectivity index (χ0) is 12.3. The van der Waals surface area contributed by atoms with Crippen molar-refractivity contribution < 1.29 is 9.84 Å². The van der Waals surface area contributed by atoms with Crippen LogP contribution >= 0.6 is 0 Å². The molecule has 0 amide bonds. The van der Waals surface area contributed by atoms with Crippen LogP contribution in [0.5, 0.6) is 5.75 Å². The van der Waals surface area contributed by atoms with Gasteiger partial charge in [-0.3, -0.25) is 11.3 Å². The Kier molecular flexibility index (Phi) is 3.91. The van der Waals surface area contributed by atoms with Crippen molar-refractivity contribution in [3.05, 3.63) is 28.8 Å². The molecule has 0 bridgehead atoms. The van der Waals surface area contributed by atoms with Gasteiger partial charge in [0.15, 0.2) is 0 Å². The molecule has 0 aliphatic rings. The van der Waals surface area contributed by atoms with E-state index in [0.29, 0.717) is 6.54 Å². The first-order valence-corrected chi connectivity index (χ1v) is 5.24. The van der Waals surface area contributed by atoms with Crippen LogP contribution in [0.2, 0.25) is 0 Å². The van der Waals surface area contributed by atoms with E-state index in [1.54, 1.807) is 14.0 Å². The molecule has 1 aromatic rings. The average molecular weight is 224 g/mol. The van der Waals surface area contributed by atoms with Gasteiger partial charge in [0.1, 0.15) is 11.4 Å². The highest BCUT2D eigenvalue weighted by molar-refractivity contribution is 5.43. The highest BCUT2D eigenvalue weighted by Gasteiger charge is 2.25. The number of rotatable bonds is 4. The van der Waals surface area contributed by atoms with Crippen molar-refractivity contribution >= 4 is 0 Å². The smallest absolute Gasteiger partial charge is 0.122 e. The number of aliphatic hydroxyl groups is 1. The van der Waals surface area contributed by atoms with Crippen LogP contribution in [0.25, 0.3) is 0 Å². The van der Waals surface area contributed by atoms with E-state index in [0.717, 1.165) is 22.4 Å². The average Bonchev–Trinajstić information content (AvgIpc) is 2.20. The Bertz CT molecular complexity index is 376. The van der Waals surface area contributed by atoms with E-state index in [9.17, 15) is 5.11 Å². The Morgan fingerprint density at radius 2 is 2.00 bits per heavy atom. The van der Waals surface area contributed by atoms with Gasteiger partial charge in [0.25, 0.3) is 0 Å². The summed E-state index contributed by atoms with van der Waals surface area (Å²) >= 11 is 0. The molecule has 1 aromatic carbocycles. The minimum atomic E-state index is -0.976. The van der Waals surface area contributed by atoms with Crippen molar-refractivity contribution in [3.8, 4) is 5.75 Å². The Balaban J connectivity index is 3.20. The standard InChI is InChI=1S/C12H20N2O2/c1-8-6-11(16-4)9(2)5-10(8)12(3,15)7-14-13/h5-6,14-15H,7,13H2,1-4H3. The fraction of sp³-hybridized carbons (Fsp3) is 0.500. The SMILES string of the molecule is COc1cc(C)c(C(C)(O)CNN)cc1C. The van der Waals surface area contributed by atoms with Crippen LogP contribution in [0.4, 0.5) is 0 Å². The van der Waals surface area contributed by atoms with Crippen LogP contribution in [-0.4, -0.2) is 18.8 Å². The minimum Gasteiger partial charge on any atom is -0.496 e. The molecule has 0 radical (unpaired) electrons. The number of aryl methyl sites for hydroxylation is 2. The van der Waals surface area contributed by atoms with Crippen LogP contribution in [0.3, 0.4) is 0 Å². The Hall–Kier alpha value is -1.10. The summed E-state index contributed by atoms with van der Waals surface area (Å²) < 4.78 is 5.23. The molecule has 4 heteroatoms. The Morgan fingerprint density at radius 1 is 1.38 bits per heavy atom. The van der Waals surface area contributed by atoms with Gasteiger partial charge in [0, 0.05) is 6.54 Å². The maximum Gasteiger partial charge on any atom is 0.122 e. The quantitative estimate of drug-likeness (QED) is 0.527. The Morgan fingerprint density at radius 3 is 2.50 bits per heavy atom. The van der Waals surface area contributed by atoms with Crippen LogP contribution in [-0.2, 0) is 5.60 Å². The van der Waals surface area contributed by atoms with Gasteiger partial charge in [-0.2, -0.15) is 0 Å². The molecule has 90 valence electrons. The first-order chi connectivity index (χ1) is 7.42. The lowest BCUT2D eigenvalue weighted by Gasteiger charge is -2.26. The number of nitrogens with two attached hydrogens (primary N) is 1. The largest absolute Gasteiger partial charge is 0.496 e. The number of hydrogen-bond acceptors (Lipinski definition) is 4. The number of hydrazine groups is 1. The molecule has 1 unspecified atom stereocenters. The summed E-state index contributed by atoms with van der Waals surface area (Å²) in [6.45, 7) is 5.94. The summed E-state index contributed by atoms with van der Waals surface area (Å²) in [7, 11) is 1.64. The van der Waals surface area contributed by atoms with Crippen LogP contribution in [0, 0.1) is 13.8 Å². The van der Waals surface area contributed by atoms with Gasteiger partial charge in [-0.05, 0) is 49.6 Å². The van der Waals surface area contributed by atoms with E-state index in [1.165, 1.54) is 0 Å². The number of methoxy groups -OCH3 is 1. The molecule has 0 aromatic heterocycles. The number of benzene rings is 1. The first-order valence-electron chi connectivity index (χ1n) is 5.24. The lowest BCUT2D eigenvalue weighted by atomic mass is 9.90. The van der Waals surface area contributed by atoms with Crippen molar-refractivity contribution in [1.82, 2.24) is 5.43 Å². The normalized spacial score (nSPS) is 14.6. The molecule has 0 saturated heterocycles. The Labute approximate surface area is 96.4 Å². The summed E-state index contributed by atoms with van der Waals surface area (Å²) in [5.41, 5.74) is 4.38. The molecule has 4 nitrogen and oxygen atoms in total. The second-order valence-corrected chi connectivity index (χ2v) is 4.29. The van der Waals surface area contributed by atoms with E-state index in [1.807, 2.05) is 26.0 Å². The molecule has 4 N–H and O–H groups in total. The van der Waals surface area contributed by atoms with Crippen LogP contribution in [0.15, 0.2) is 12.1 Å². The van der Waals surface area contributed by atoms with Crippen molar-refractivity contribution in [2.75, 3.05) is 13.7 Å². The van der Waals surface area contributed by atoms with Crippen LogP contribution < -0.4 is 16.0 Å². The third-order valence-electron chi connectivity index (χ3n) is 2.77. The van der Waals surface area contributed by atoms with Gasteiger partial charge < -0.3 is 9.84 Å². The lowest BCUT2D eigenvalue weighted by Crippen LogP contribution is -2.39. The number of ether oxygens (including phenoxy) is 1. The monoisotopic (exact) mass is 224 g/mol. The third kappa shape index (κ3) is 2.52. The van der Waals surface area contributed by atoms with Gasteiger partial charge in [-0.1, -0.05) is 0 Å². The predicted molar refractivity (Wildman–Crippen MR) is 64.2 cm³/mol. The molecule has 1 atom stereocenters. The predicted octanol–water partition coefficient (Wildman–Crippen LogP) is 0.983. The topological polar surface area (TPSA) is 67.5 Å². The number of nitrogens with one attached hydrogen (secondary N) is 1.